The van der Waals surface area contributed by atoms with Gasteiger partial charge in [0.1, 0.15) is 5.75 Å². The van der Waals surface area contributed by atoms with E-state index in [1.165, 1.54) is 0 Å². The predicted molar refractivity (Wildman–Crippen MR) is 91.7 cm³/mol. The molecule has 7 heteroatoms. The monoisotopic (exact) mass is 354 g/mol. The predicted octanol–water partition coefficient (Wildman–Crippen LogP) is 2.43. The Bertz CT molecular complexity index is 607. The van der Waals surface area contributed by atoms with Crippen LogP contribution in [0.15, 0.2) is 12.1 Å². The van der Waals surface area contributed by atoms with Gasteiger partial charge in [0.25, 0.3) is 0 Å². The molecule has 3 rings (SSSR count). The van der Waals surface area contributed by atoms with Crippen LogP contribution in [0.25, 0.3) is 0 Å². The Morgan fingerprint density at radius 2 is 2.00 bits per heavy atom. The van der Waals surface area contributed by atoms with Gasteiger partial charge in [0.05, 0.1) is 32.6 Å². The Balaban J connectivity index is 1.55. The summed E-state index contributed by atoms with van der Waals surface area (Å²) in [4.78, 5) is 14.3. The Labute approximate surface area is 147 Å². The first kappa shape index (κ1) is 17.3. The maximum absolute atomic E-state index is 12.4. The quantitative estimate of drug-likeness (QED) is 0.900. The fourth-order valence-corrected chi connectivity index (χ4v) is 3.29. The van der Waals surface area contributed by atoms with Crippen molar-refractivity contribution in [2.75, 3.05) is 45.3 Å². The topological polar surface area (TPSA) is 60.0 Å². The highest BCUT2D eigenvalue weighted by atomic mass is 35.5. The third-order valence-corrected chi connectivity index (χ3v) is 5.01. The van der Waals surface area contributed by atoms with Crippen LogP contribution < -0.4 is 10.1 Å². The van der Waals surface area contributed by atoms with E-state index in [0.29, 0.717) is 37.1 Å². The van der Waals surface area contributed by atoms with E-state index in [-0.39, 0.29) is 12.5 Å². The Kier molecular flexibility index (Phi) is 5.18. The molecule has 132 valence electrons. The van der Waals surface area contributed by atoms with Crippen molar-refractivity contribution in [3.63, 3.8) is 0 Å². The molecular weight excluding hydrogens is 332 g/mol. The number of likely N-dealkylation sites (tertiary alicyclic amines) is 1. The highest BCUT2D eigenvalue weighted by Crippen LogP contribution is 2.32. The van der Waals surface area contributed by atoms with E-state index in [0.717, 1.165) is 24.1 Å². The lowest BCUT2D eigenvalue weighted by Gasteiger charge is -2.37. The van der Waals surface area contributed by atoms with Gasteiger partial charge in [-0.25, -0.2) is 0 Å². The third-order valence-electron chi connectivity index (χ3n) is 4.60. The Hall–Kier alpha value is -1.50. The first-order valence-corrected chi connectivity index (χ1v) is 8.54. The first-order valence-electron chi connectivity index (χ1n) is 8.17. The van der Waals surface area contributed by atoms with Gasteiger partial charge in [-0.3, -0.25) is 4.79 Å². The zero-order valence-electron chi connectivity index (χ0n) is 14.1. The molecule has 2 saturated heterocycles. The van der Waals surface area contributed by atoms with E-state index in [1.807, 2.05) is 17.9 Å². The number of carbonyl (C=O) groups is 1. The number of piperidine rings is 1. The van der Waals surface area contributed by atoms with Gasteiger partial charge in [0.2, 0.25) is 5.91 Å². The average molecular weight is 355 g/mol. The summed E-state index contributed by atoms with van der Waals surface area (Å²) < 4.78 is 16.7. The zero-order valence-corrected chi connectivity index (χ0v) is 14.8. The summed E-state index contributed by atoms with van der Waals surface area (Å²) in [6, 6.07) is 3.64. The van der Waals surface area contributed by atoms with Gasteiger partial charge in [-0.1, -0.05) is 11.6 Å². The van der Waals surface area contributed by atoms with Crippen LogP contribution in [0.3, 0.4) is 0 Å². The second-order valence-electron chi connectivity index (χ2n) is 6.14. The second kappa shape index (κ2) is 7.17. The summed E-state index contributed by atoms with van der Waals surface area (Å²) in [7, 11) is 1.58. The Morgan fingerprint density at radius 3 is 2.62 bits per heavy atom. The number of benzene rings is 1. The minimum atomic E-state index is -0.458. The van der Waals surface area contributed by atoms with Crippen LogP contribution in [0.2, 0.25) is 5.02 Å². The number of nitrogens with zero attached hydrogens (tertiary/aromatic N) is 1. The van der Waals surface area contributed by atoms with Crippen molar-refractivity contribution in [3.8, 4) is 5.75 Å². The number of methoxy groups -OCH3 is 1. The Morgan fingerprint density at radius 1 is 1.33 bits per heavy atom. The largest absolute Gasteiger partial charge is 0.495 e. The molecule has 6 nitrogen and oxygen atoms in total. The van der Waals surface area contributed by atoms with Crippen LogP contribution in [-0.2, 0) is 14.3 Å². The van der Waals surface area contributed by atoms with Crippen LogP contribution in [0.4, 0.5) is 5.69 Å². The van der Waals surface area contributed by atoms with Gasteiger partial charge >= 0.3 is 0 Å². The normalized spacial score (nSPS) is 19.5. The molecule has 0 saturated carbocycles. The highest BCUT2D eigenvalue weighted by molar-refractivity contribution is 6.31. The lowest BCUT2D eigenvalue weighted by molar-refractivity contribution is -0.187. The minimum absolute atomic E-state index is 0.0532. The number of rotatable bonds is 4. The van der Waals surface area contributed by atoms with E-state index >= 15 is 0 Å². The molecule has 0 aromatic heterocycles. The van der Waals surface area contributed by atoms with Crippen molar-refractivity contribution < 1.29 is 19.0 Å². The summed E-state index contributed by atoms with van der Waals surface area (Å²) in [5.41, 5.74) is 1.70. The molecule has 2 aliphatic rings. The molecule has 2 heterocycles. The smallest absolute Gasteiger partial charge is 0.241 e. The van der Waals surface area contributed by atoms with Crippen molar-refractivity contribution >= 4 is 23.2 Å². The van der Waals surface area contributed by atoms with Crippen LogP contribution in [0.1, 0.15) is 18.4 Å². The summed E-state index contributed by atoms with van der Waals surface area (Å²) >= 11 is 6.10. The molecular formula is C17H23ClN2O4. The lowest BCUT2D eigenvalue weighted by Crippen LogP contribution is -2.48. The number of hydrogen-bond donors (Lipinski definition) is 1. The molecule has 1 spiro atoms. The molecule has 1 N–H and O–H groups in total. The average Bonchev–Trinajstić information content (AvgIpc) is 3.04. The standard InChI is InChI=1S/C17H23ClN2O4/c1-12-9-14(15(22-2)10-13(12)18)19-11-16(21)20-5-3-17(4-6-20)23-7-8-24-17/h9-10,19H,3-8,11H2,1-2H3. The van der Waals surface area contributed by atoms with Crippen molar-refractivity contribution in [1.29, 1.82) is 0 Å². The fraction of sp³-hybridized carbons (Fsp3) is 0.588. The molecule has 1 aromatic carbocycles. The lowest BCUT2D eigenvalue weighted by atomic mass is 10.0. The maximum atomic E-state index is 12.4. The van der Waals surface area contributed by atoms with Gasteiger partial charge in [-0.15, -0.1) is 0 Å². The van der Waals surface area contributed by atoms with Gasteiger partial charge in [0, 0.05) is 37.0 Å². The highest BCUT2D eigenvalue weighted by Gasteiger charge is 2.40. The summed E-state index contributed by atoms with van der Waals surface area (Å²) in [5, 5.41) is 3.79. The molecule has 1 amide bonds. The number of halogens is 1. The van der Waals surface area contributed by atoms with Crippen molar-refractivity contribution in [1.82, 2.24) is 4.90 Å². The number of amides is 1. The zero-order chi connectivity index (χ0) is 17.2. The SMILES string of the molecule is COc1cc(Cl)c(C)cc1NCC(=O)N1CCC2(CC1)OCCO2. The van der Waals surface area contributed by atoms with E-state index in [2.05, 4.69) is 5.32 Å². The molecule has 0 atom stereocenters. The summed E-state index contributed by atoms with van der Waals surface area (Å²) in [6.45, 7) is 4.72. The van der Waals surface area contributed by atoms with E-state index in [1.54, 1.807) is 13.2 Å². The number of aryl methyl sites for hydroxylation is 1. The second-order valence-corrected chi connectivity index (χ2v) is 6.55. The van der Waals surface area contributed by atoms with E-state index < -0.39 is 5.79 Å². The molecule has 2 fully saturated rings. The van der Waals surface area contributed by atoms with Gasteiger partial charge in [0.15, 0.2) is 5.79 Å². The molecule has 0 aliphatic carbocycles. The molecule has 0 radical (unpaired) electrons. The van der Waals surface area contributed by atoms with Crippen LogP contribution >= 0.6 is 11.6 Å². The first-order chi connectivity index (χ1) is 11.5. The molecule has 24 heavy (non-hydrogen) atoms. The van der Waals surface area contributed by atoms with Crippen molar-refractivity contribution in [2.24, 2.45) is 0 Å². The molecule has 0 unspecified atom stereocenters. The number of hydrogen-bond acceptors (Lipinski definition) is 5. The molecule has 2 aliphatic heterocycles. The number of ether oxygens (including phenoxy) is 3. The number of anilines is 1. The van der Waals surface area contributed by atoms with Gasteiger partial charge in [-0.2, -0.15) is 0 Å². The number of carbonyl (C=O) groups excluding carboxylic acids is 1. The van der Waals surface area contributed by atoms with Crippen LogP contribution in [0.5, 0.6) is 5.75 Å². The van der Waals surface area contributed by atoms with Crippen LogP contribution in [0, 0.1) is 6.92 Å². The maximum Gasteiger partial charge on any atom is 0.241 e. The van der Waals surface area contributed by atoms with Crippen LogP contribution in [-0.4, -0.2) is 56.6 Å². The minimum Gasteiger partial charge on any atom is -0.495 e. The molecule has 0 bridgehead atoms. The number of nitrogens with one attached hydrogen (secondary N) is 1. The van der Waals surface area contributed by atoms with E-state index in [9.17, 15) is 4.79 Å². The van der Waals surface area contributed by atoms with Gasteiger partial charge < -0.3 is 24.4 Å². The summed E-state index contributed by atoms with van der Waals surface area (Å²) in [5.74, 6) is 0.224. The fourth-order valence-electron chi connectivity index (χ4n) is 3.14. The van der Waals surface area contributed by atoms with Gasteiger partial charge in [-0.05, 0) is 18.6 Å². The third kappa shape index (κ3) is 3.61. The summed E-state index contributed by atoms with van der Waals surface area (Å²) in [6.07, 6.45) is 1.45. The van der Waals surface area contributed by atoms with E-state index in [4.69, 9.17) is 25.8 Å². The van der Waals surface area contributed by atoms with Crippen molar-refractivity contribution in [2.45, 2.75) is 25.6 Å². The molecule has 1 aromatic rings. The van der Waals surface area contributed by atoms with Crippen molar-refractivity contribution in [3.05, 3.63) is 22.7 Å².